The smallest absolute Gasteiger partial charge is 0.240 e. The van der Waals surface area contributed by atoms with Crippen LogP contribution in [0.3, 0.4) is 0 Å². The number of halogens is 4. The van der Waals surface area contributed by atoms with Gasteiger partial charge in [0.1, 0.15) is 0 Å². The predicted molar refractivity (Wildman–Crippen MR) is 34.8 cm³/mol. The van der Waals surface area contributed by atoms with E-state index in [0.29, 0.717) is 12.8 Å². The summed E-state index contributed by atoms with van der Waals surface area (Å²) in [5.41, 5.74) is 0. The first kappa shape index (κ1) is 10.5. The monoisotopic (exact) mass is 170 g/mol. The molecule has 0 heterocycles. The van der Waals surface area contributed by atoms with Gasteiger partial charge in [-0.25, -0.2) is 8.78 Å². The SMILES string of the molecule is CCCCC(F)C(F)=C(F)F. The van der Waals surface area contributed by atoms with Crippen LogP contribution in [0.5, 0.6) is 0 Å². The van der Waals surface area contributed by atoms with Gasteiger partial charge in [-0.3, -0.25) is 0 Å². The van der Waals surface area contributed by atoms with Gasteiger partial charge in [-0.05, 0) is 6.42 Å². The van der Waals surface area contributed by atoms with Crippen molar-refractivity contribution in [2.45, 2.75) is 32.4 Å². The van der Waals surface area contributed by atoms with E-state index in [9.17, 15) is 17.6 Å². The fourth-order valence-electron chi connectivity index (χ4n) is 0.628. The maximum atomic E-state index is 12.3. The van der Waals surface area contributed by atoms with Crippen molar-refractivity contribution in [3.8, 4) is 0 Å². The van der Waals surface area contributed by atoms with E-state index in [0.717, 1.165) is 0 Å². The molecule has 1 unspecified atom stereocenters. The number of unbranched alkanes of at least 4 members (excludes halogenated alkanes) is 1. The summed E-state index contributed by atoms with van der Waals surface area (Å²) >= 11 is 0. The van der Waals surface area contributed by atoms with Crippen molar-refractivity contribution >= 4 is 0 Å². The highest BCUT2D eigenvalue weighted by atomic mass is 19.3. The minimum absolute atomic E-state index is 0.167. The standard InChI is InChI=1S/C7H10F4/c1-2-3-4-5(8)6(9)7(10)11/h5H,2-4H2,1H3. The molecule has 0 saturated carbocycles. The van der Waals surface area contributed by atoms with Gasteiger partial charge in [-0.1, -0.05) is 19.8 Å². The Bertz CT molecular complexity index is 137. The molecular formula is C7H10F4. The second-order valence-corrected chi connectivity index (χ2v) is 2.22. The molecule has 0 aliphatic carbocycles. The van der Waals surface area contributed by atoms with Crippen molar-refractivity contribution in [1.82, 2.24) is 0 Å². The van der Waals surface area contributed by atoms with Crippen molar-refractivity contribution in [3.63, 3.8) is 0 Å². The number of allylic oxidation sites excluding steroid dienone is 1. The van der Waals surface area contributed by atoms with Gasteiger partial charge in [0.2, 0.25) is 0 Å². The molecule has 0 fully saturated rings. The van der Waals surface area contributed by atoms with Crippen LogP contribution in [0.4, 0.5) is 17.6 Å². The molecule has 0 aromatic carbocycles. The van der Waals surface area contributed by atoms with Crippen molar-refractivity contribution in [3.05, 3.63) is 11.9 Å². The summed E-state index contributed by atoms with van der Waals surface area (Å²) in [6.07, 6.45) is -3.75. The third-order valence-corrected chi connectivity index (χ3v) is 1.27. The Balaban J connectivity index is 3.83. The van der Waals surface area contributed by atoms with E-state index in [2.05, 4.69) is 0 Å². The van der Waals surface area contributed by atoms with Gasteiger partial charge in [-0.2, -0.15) is 8.78 Å². The van der Waals surface area contributed by atoms with Gasteiger partial charge in [0.25, 0.3) is 0 Å². The summed E-state index contributed by atoms with van der Waals surface area (Å²) in [6, 6.07) is 0. The minimum atomic E-state index is -2.55. The lowest BCUT2D eigenvalue weighted by Gasteiger charge is -2.02. The zero-order valence-electron chi connectivity index (χ0n) is 6.21. The highest BCUT2D eigenvalue weighted by Gasteiger charge is 2.17. The molecule has 0 nitrogen and oxygen atoms in total. The van der Waals surface area contributed by atoms with Crippen LogP contribution < -0.4 is 0 Å². The van der Waals surface area contributed by atoms with Crippen molar-refractivity contribution in [1.29, 1.82) is 0 Å². The Labute approximate surface area is 62.9 Å². The van der Waals surface area contributed by atoms with Gasteiger partial charge in [0.05, 0.1) is 0 Å². The molecule has 4 heteroatoms. The molecule has 0 radical (unpaired) electrons. The number of hydrogen-bond donors (Lipinski definition) is 0. The molecule has 1 atom stereocenters. The molecular weight excluding hydrogens is 160 g/mol. The number of alkyl halides is 1. The van der Waals surface area contributed by atoms with E-state index >= 15 is 0 Å². The molecule has 0 aliphatic rings. The van der Waals surface area contributed by atoms with E-state index < -0.39 is 18.1 Å². The van der Waals surface area contributed by atoms with Crippen LogP contribution in [0.1, 0.15) is 26.2 Å². The number of rotatable bonds is 4. The average Bonchev–Trinajstić information content (AvgIpc) is 1.98. The molecule has 0 bridgehead atoms. The summed E-state index contributed by atoms with van der Waals surface area (Å²) < 4.78 is 47.1. The summed E-state index contributed by atoms with van der Waals surface area (Å²) in [7, 11) is 0. The fourth-order valence-corrected chi connectivity index (χ4v) is 0.628. The first-order valence-corrected chi connectivity index (χ1v) is 3.44. The first-order valence-electron chi connectivity index (χ1n) is 3.44. The lowest BCUT2D eigenvalue weighted by atomic mass is 10.2. The van der Waals surface area contributed by atoms with Crippen LogP contribution in [0, 0.1) is 0 Å². The lowest BCUT2D eigenvalue weighted by Crippen LogP contribution is -2.01. The number of hydrogen-bond acceptors (Lipinski definition) is 0. The highest BCUT2D eigenvalue weighted by molar-refractivity contribution is 4.98. The minimum Gasteiger partial charge on any atom is -0.240 e. The zero-order valence-corrected chi connectivity index (χ0v) is 6.21. The Hall–Kier alpha value is -0.540. The largest absolute Gasteiger partial charge is 0.304 e. The molecule has 66 valence electrons. The molecule has 0 aromatic rings. The summed E-state index contributed by atoms with van der Waals surface area (Å²) in [4.78, 5) is 0. The summed E-state index contributed by atoms with van der Waals surface area (Å²) in [5.74, 6) is -1.92. The summed E-state index contributed by atoms with van der Waals surface area (Å²) in [5, 5.41) is 0. The predicted octanol–water partition coefficient (Wildman–Crippen LogP) is 3.59. The molecule has 0 amide bonds. The summed E-state index contributed by atoms with van der Waals surface area (Å²) in [6.45, 7) is 1.78. The normalized spacial score (nSPS) is 12.8. The maximum Gasteiger partial charge on any atom is 0.304 e. The Morgan fingerprint density at radius 1 is 1.27 bits per heavy atom. The van der Waals surface area contributed by atoms with Gasteiger partial charge in [0, 0.05) is 0 Å². The molecule has 0 N–H and O–H groups in total. The van der Waals surface area contributed by atoms with Gasteiger partial charge < -0.3 is 0 Å². The Morgan fingerprint density at radius 3 is 2.18 bits per heavy atom. The molecule has 0 aliphatic heterocycles. The third-order valence-electron chi connectivity index (χ3n) is 1.27. The van der Waals surface area contributed by atoms with Crippen LogP contribution in [0.2, 0.25) is 0 Å². The van der Waals surface area contributed by atoms with Crippen LogP contribution in [-0.4, -0.2) is 6.17 Å². The van der Waals surface area contributed by atoms with Crippen molar-refractivity contribution in [2.24, 2.45) is 0 Å². The van der Waals surface area contributed by atoms with Crippen molar-refractivity contribution < 1.29 is 17.6 Å². The van der Waals surface area contributed by atoms with Crippen LogP contribution >= 0.6 is 0 Å². The second-order valence-electron chi connectivity index (χ2n) is 2.22. The van der Waals surface area contributed by atoms with Crippen LogP contribution in [-0.2, 0) is 0 Å². The highest BCUT2D eigenvalue weighted by Crippen LogP contribution is 2.20. The topological polar surface area (TPSA) is 0 Å². The average molecular weight is 170 g/mol. The first-order chi connectivity index (χ1) is 5.09. The van der Waals surface area contributed by atoms with E-state index in [1.807, 2.05) is 0 Å². The van der Waals surface area contributed by atoms with Gasteiger partial charge in [-0.15, -0.1) is 0 Å². The van der Waals surface area contributed by atoms with Crippen LogP contribution in [0.15, 0.2) is 11.9 Å². The third kappa shape index (κ3) is 4.01. The molecule has 0 aromatic heterocycles. The molecule has 0 rings (SSSR count). The van der Waals surface area contributed by atoms with Crippen LogP contribution in [0.25, 0.3) is 0 Å². The van der Waals surface area contributed by atoms with E-state index in [1.165, 1.54) is 0 Å². The molecule has 0 saturated heterocycles. The fraction of sp³-hybridized carbons (Fsp3) is 0.714. The Kier molecular flexibility index (Phi) is 4.90. The van der Waals surface area contributed by atoms with E-state index in [4.69, 9.17) is 0 Å². The quantitative estimate of drug-likeness (QED) is 0.565. The molecule has 0 spiro atoms. The van der Waals surface area contributed by atoms with E-state index in [-0.39, 0.29) is 6.42 Å². The lowest BCUT2D eigenvalue weighted by molar-refractivity contribution is 0.266. The zero-order chi connectivity index (χ0) is 8.85. The van der Waals surface area contributed by atoms with Gasteiger partial charge in [0.15, 0.2) is 12.0 Å². The van der Waals surface area contributed by atoms with E-state index in [1.54, 1.807) is 6.92 Å². The Morgan fingerprint density at radius 2 is 1.82 bits per heavy atom. The van der Waals surface area contributed by atoms with Crippen molar-refractivity contribution in [2.75, 3.05) is 0 Å². The second kappa shape index (κ2) is 5.16. The molecule has 11 heavy (non-hydrogen) atoms. The maximum absolute atomic E-state index is 12.3. The van der Waals surface area contributed by atoms with Gasteiger partial charge >= 0.3 is 6.08 Å².